The van der Waals surface area contributed by atoms with Gasteiger partial charge in [0.25, 0.3) is 0 Å². The van der Waals surface area contributed by atoms with E-state index in [1.165, 1.54) is 6.92 Å². The van der Waals surface area contributed by atoms with Crippen molar-refractivity contribution in [2.45, 2.75) is 37.6 Å². The minimum atomic E-state index is -1.66. The zero-order chi connectivity index (χ0) is 8.59. The lowest BCUT2D eigenvalue weighted by molar-refractivity contribution is -0.295. The van der Waals surface area contributed by atoms with Crippen LogP contribution >= 0.6 is 0 Å². The molecule has 0 saturated carbocycles. The van der Waals surface area contributed by atoms with Crippen LogP contribution in [0.2, 0.25) is 0 Å². The second kappa shape index (κ2) is 3.04. The zero-order valence-corrected chi connectivity index (χ0v) is 6.04. The van der Waals surface area contributed by atoms with Gasteiger partial charge in [0.2, 0.25) is 6.29 Å². The third-order valence-electron chi connectivity index (χ3n) is 1.81. The van der Waals surface area contributed by atoms with Gasteiger partial charge in [0, 0.05) is 0 Å². The summed E-state index contributed by atoms with van der Waals surface area (Å²) in [7, 11) is 0. The summed E-state index contributed by atoms with van der Waals surface area (Å²) in [4.78, 5) is 0. The molecule has 65 valence electrons. The standard InChI is InChI=1S/C6H11O5/c1-2-3(7)4(8)5(9)6(10)11-2/h2-9H,1H3/t2-,3-,4+,5-,6+/m1/s1. The van der Waals surface area contributed by atoms with Crippen LogP contribution in [0.5, 0.6) is 0 Å². The maximum Gasteiger partial charge on any atom is 0.220 e. The Balaban J connectivity index is 2.63. The summed E-state index contributed by atoms with van der Waals surface area (Å²) in [6.45, 7) is 1.46. The van der Waals surface area contributed by atoms with Gasteiger partial charge >= 0.3 is 0 Å². The zero-order valence-electron chi connectivity index (χ0n) is 6.04. The van der Waals surface area contributed by atoms with Crippen molar-refractivity contribution in [3.63, 3.8) is 0 Å². The molecule has 0 unspecified atom stereocenters. The Morgan fingerprint density at radius 1 is 1.09 bits per heavy atom. The van der Waals surface area contributed by atoms with Crippen molar-refractivity contribution in [1.82, 2.24) is 0 Å². The van der Waals surface area contributed by atoms with Crippen molar-refractivity contribution in [3.8, 4) is 0 Å². The summed E-state index contributed by atoms with van der Waals surface area (Å²) in [5, 5.41) is 37.7. The molecule has 0 bridgehead atoms. The first-order valence-electron chi connectivity index (χ1n) is 3.39. The molecule has 3 N–H and O–H groups in total. The third-order valence-corrected chi connectivity index (χ3v) is 1.81. The van der Waals surface area contributed by atoms with E-state index in [4.69, 9.17) is 15.3 Å². The van der Waals surface area contributed by atoms with Crippen LogP contribution < -0.4 is 0 Å². The largest absolute Gasteiger partial charge is 0.388 e. The smallest absolute Gasteiger partial charge is 0.220 e. The SMILES string of the molecule is C[C@H]1O[C@H]([O])[C@H](O)[C@@H](O)[C@@H]1O. The molecule has 1 aliphatic rings. The third kappa shape index (κ3) is 1.52. The Hall–Kier alpha value is -0.200. The fourth-order valence-corrected chi connectivity index (χ4v) is 1.01. The van der Waals surface area contributed by atoms with Gasteiger partial charge in [-0.1, -0.05) is 0 Å². The van der Waals surface area contributed by atoms with Crippen LogP contribution in [0.4, 0.5) is 0 Å². The predicted octanol–water partition coefficient (Wildman–Crippen LogP) is -1.76. The van der Waals surface area contributed by atoms with Crippen LogP contribution in [-0.4, -0.2) is 46.0 Å². The molecule has 0 aromatic carbocycles. The van der Waals surface area contributed by atoms with Crippen LogP contribution in [0.3, 0.4) is 0 Å². The van der Waals surface area contributed by atoms with E-state index in [1.807, 2.05) is 0 Å². The van der Waals surface area contributed by atoms with E-state index in [0.717, 1.165) is 0 Å². The van der Waals surface area contributed by atoms with Crippen molar-refractivity contribution in [3.05, 3.63) is 0 Å². The maximum atomic E-state index is 10.7. The predicted molar refractivity (Wildman–Crippen MR) is 33.0 cm³/mol. The average molecular weight is 163 g/mol. The van der Waals surface area contributed by atoms with Gasteiger partial charge in [-0.05, 0) is 6.92 Å². The van der Waals surface area contributed by atoms with Crippen molar-refractivity contribution >= 4 is 0 Å². The van der Waals surface area contributed by atoms with E-state index in [1.54, 1.807) is 0 Å². The molecule has 1 saturated heterocycles. The number of aliphatic hydroxyl groups excluding tert-OH is 3. The number of hydrogen-bond acceptors (Lipinski definition) is 4. The van der Waals surface area contributed by atoms with Gasteiger partial charge in [-0.15, -0.1) is 0 Å². The van der Waals surface area contributed by atoms with Crippen molar-refractivity contribution < 1.29 is 25.2 Å². The molecule has 1 fully saturated rings. The van der Waals surface area contributed by atoms with Gasteiger partial charge in [0.05, 0.1) is 6.10 Å². The van der Waals surface area contributed by atoms with E-state index in [2.05, 4.69) is 4.74 Å². The molecule has 0 aromatic heterocycles. The van der Waals surface area contributed by atoms with Crippen LogP contribution in [0.1, 0.15) is 6.92 Å². The lowest BCUT2D eigenvalue weighted by atomic mass is 10.0. The van der Waals surface area contributed by atoms with Crippen molar-refractivity contribution in [1.29, 1.82) is 0 Å². The van der Waals surface area contributed by atoms with Crippen LogP contribution in [0.25, 0.3) is 0 Å². The number of rotatable bonds is 0. The number of ether oxygens (including phenoxy) is 1. The lowest BCUT2D eigenvalue weighted by Crippen LogP contribution is -2.56. The van der Waals surface area contributed by atoms with Crippen LogP contribution in [-0.2, 0) is 9.84 Å². The van der Waals surface area contributed by atoms with E-state index in [0.29, 0.717) is 0 Å². The van der Waals surface area contributed by atoms with Gasteiger partial charge in [-0.3, -0.25) is 0 Å². The van der Waals surface area contributed by atoms with E-state index in [9.17, 15) is 5.11 Å². The normalized spacial score (nSPS) is 52.6. The van der Waals surface area contributed by atoms with E-state index < -0.39 is 30.7 Å². The average Bonchev–Trinajstić information content (AvgIpc) is 1.97. The quantitative estimate of drug-likeness (QED) is 0.395. The molecule has 1 heterocycles. The first-order valence-corrected chi connectivity index (χ1v) is 3.39. The fourth-order valence-electron chi connectivity index (χ4n) is 1.01. The summed E-state index contributed by atoms with van der Waals surface area (Å²) < 4.78 is 4.57. The van der Waals surface area contributed by atoms with Gasteiger partial charge in [-0.25, -0.2) is 0 Å². The molecule has 0 aromatic rings. The highest BCUT2D eigenvalue weighted by molar-refractivity contribution is 4.85. The highest BCUT2D eigenvalue weighted by Crippen LogP contribution is 2.19. The molecule has 1 radical (unpaired) electrons. The molecule has 1 aliphatic heterocycles. The van der Waals surface area contributed by atoms with Crippen LogP contribution in [0, 0.1) is 0 Å². The summed E-state index contributed by atoms with van der Waals surface area (Å²) in [5.41, 5.74) is 0. The van der Waals surface area contributed by atoms with Crippen LogP contribution in [0.15, 0.2) is 0 Å². The molecule has 5 atom stereocenters. The molecule has 0 amide bonds. The highest BCUT2D eigenvalue weighted by Gasteiger charge is 2.41. The minimum Gasteiger partial charge on any atom is -0.388 e. The molecule has 0 aliphatic carbocycles. The molecule has 1 rings (SSSR count). The molecular weight excluding hydrogens is 152 g/mol. The second-order valence-electron chi connectivity index (χ2n) is 2.68. The summed E-state index contributed by atoms with van der Waals surface area (Å²) in [6.07, 6.45) is -6.52. The fraction of sp³-hybridized carbons (Fsp3) is 1.00. The number of hydrogen-bond donors (Lipinski definition) is 3. The second-order valence-corrected chi connectivity index (χ2v) is 2.68. The Morgan fingerprint density at radius 3 is 2.18 bits per heavy atom. The Kier molecular flexibility index (Phi) is 2.46. The van der Waals surface area contributed by atoms with Gasteiger partial charge in [0.15, 0.2) is 0 Å². The molecule has 0 spiro atoms. The summed E-state index contributed by atoms with van der Waals surface area (Å²) in [5.74, 6) is 0. The van der Waals surface area contributed by atoms with Gasteiger partial charge < -0.3 is 20.1 Å². The first-order chi connectivity index (χ1) is 5.04. The topological polar surface area (TPSA) is 89.8 Å². The Labute approximate surface area is 63.8 Å². The lowest BCUT2D eigenvalue weighted by Gasteiger charge is -2.35. The molecule has 5 heteroatoms. The Bertz CT molecular complexity index is 125. The molecule has 11 heavy (non-hydrogen) atoms. The van der Waals surface area contributed by atoms with E-state index >= 15 is 0 Å². The molecule has 5 nitrogen and oxygen atoms in total. The first kappa shape index (κ1) is 8.89. The summed E-state index contributed by atoms with van der Waals surface area (Å²) >= 11 is 0. The van der Waals surface area contributed by atoms with Crippen molar-refractivity contribution in [2.75, 3.05) is 0 Å². The van der Waals surface area contributed by atoms with Gasteiger partial charge in [0.1, 0.15) is 18.3 Å². The Morgan fingerprint density at radius 2 is 1.64 bits per heavy atom. The molecular formula is C6H11O5. The minimum absolute atomic E-state index is 0.726. The van der Waals surface area contributed by atoms with E-state index in [-0.39, 0.29) is 0 Å². The number of aliphatic hydroxyl groups is 3. The van der Waals surface area contributed by atoms with Crippen molar-refractivity contribution in [2.24, 2.45) is 0 Å². The summed E-state index contributed by atoms with van der Waals surface area (Å²) in [6, 6.07) is 0. The van der Waals surface area contributed by atoms with Gasteiger partial charge in [-0.2, -0.15) is 5.11 Å². The maximum absolute atomic E-state index is 10.7. The monoisotopic (exact) mass is 163 g/mol. The highest BCUT2D eigenvalue weighted by atomic mass is 16.6.